The maximum Gasteiger partial charge on any atom is 0.326 e. The van der Waals surface area contributed by atoms with Crippen molar-refractivity contribution in [1.82, 2.24) is 10.2 Å². The lowest BCUT2D eigenvalue weighted by molar-refractivity contribution is -0.139. The van der Waals surface area contributed by atoms with Gasteiger partial charge in [0.15, 0.2) is 0 Å². The molecule has 0 fully saturated rings. The second kappa shape index (κ2) is 11.2. The number of carbonyl (C=O) groups excluding carboxylic acids is 1. The number of hydrogen-bond donors (Lipinski definition) is 2. The Kier molecular flexibility index (Phi) is 10.3. The van der Waals surface area contributed by atoms with Gasteiger partial charge < -0.3 is 24.8 Å². The van der Waals surface area contributed by atoms with Crippen molar-refractivity contribution in [2.24, 2.45) is 0 Å². The third kappa shape index (κ3) is 7.75. The molecular formula is C13H24N2O5. The number of amides is 2. The Morgan fingerprint density at radius 3 is 2.50 bits per heavy atom. The van der Waals surface area contributed by atoms with Crippen molar-refractivity contribution >= 4 is 12.0 Å². The zero-order valence-electron chi connectivity index (χ0n) is 12.1. The first-order valence-corrected chi connectivity index (χ1v) is 6.43. The summed E-state index contributed by atoms with van der Waals surface area (Å²) in [6.45, 7) is 5.11. The minimum absolute atomic E-state index is 0.321. The first-order chi connectivity index (χ1) is 9.56. The van der Waals surface area contributed by atoms with Crippen LogP contribution in [0.25, 0.3) is 0 Å². The summed E-state index contributed by atoms with van der Waals surface area (Å²) in [6, 6.07) is -1.36. The van der Waals surface area contributed by atoms with Crippen molar-refractivity contribution in [3.05, 3.63) is 12.7 Å². The molecule has 0 aliphatic heterocycles. The standard InChI is InChI=1S/C13H24N2O5/c1-4-7-15(8-10-20-3)13(18)14-11(12(16)17)6-5-9-19-2/h4,11H,1,5-10H2,2-3H3,(H,14,18)(H,16,17). The van der Waals surface area contributed by atoms with Crippen molar-refractivity contribution in [3.63, 3.8) is 0 Å². The van der Waals surface area contributed by atoms with Crippen molar-refractivity contribution in [3.8, 4) is 0 Å². The number of carbonyl (C=O) groups is 2. The molecule has 0 heterocycles. The molecule has 116 valence electrons. The normalized spacial score (nSPS) is 11.7. The number of ether oxygens (including phenoxy) is 2. The highest BCUT2D eigenvalue weighted by molar-refractivity contribution is 5.82. The second-order valence-electron chi connectivity index (χ2n) is 4.20. The topological polar surface area (TPSA) is 88.1 Å². The molecule has 7 heteroatoms. The summed E-state index contributed by atoms with van der Waals surface area (Å²) >= 11 is 0. The molecule has 0 rings (SSSR count). The molecule has 0 saturated heterocycles. The predicted octanol–water partition coefficient (Wildman–Crippen LogP) is 0.710. The third-order valence-electron chi connectivity index (χ3n) is 2.64. The van der Waals surface area contributed by atoms with Gasteiger partial charge in [0.2, 0.25) is 0 Å². The number of hydrogen-bond acceptors (Lipinski definition) is 4. The summed E-state index contributed by atoms with van der Waals surface area (Å²) in [5, 5.41) is 11.6. The minimum atomic E-state index is -1.06. The predicted molar refractivity (Wildman–Crippen MR) is 74.7 cm³/mol. The Morgan fingerprint density at radius 2 is 2.00 bits per heavy atom. The van der Waals surface area contributed by atoms with Gasteiger partial charge >= 0.3 is 12.0 Å². The highest BCUT2D eigenvalue weighted by Crippen LogP contribution is 2.00. The Morgan fingerprint density at radius 1 is 1.35 bits per heavy atom. The molecular weight excluding hydrogens is 264 g/mol. The summed E-state index contributed by atoms with van der Waals surface area (Å²) in [7, 11) is 3.08. The average molecular weight is 288 g/mol. The first-order valence-electron chi connectivity index (χ1n) is 6.43. The number of carboxylic acid groups (broad SMARTS) is 1. The molecule has 0 aliphatic rings. The van der Waals surface area contributed by atoms with E-state index in [-0.39, 0.29) is 0 Å². The van der Waals surface area contributed by atoms with Crippen LogP contribution in [-0.2, 0) is 14.3 Å². The zero-order valence-corrected chi connectivity index (χ0v) is 12.1. The minimum Gasteiger partial charge on any atom is -0.480 e. The van der Waals surface area contributed by atoms with Gasteiger partial charge in [-0.1, -0.05) is 6.08 Å². The van der Waals surface area contributed by atoms with Crippen LogP contribution in [0.4, 0.5) is 4.79 Å². The number of nitrogens with zero attached hydrogens (tertiary/aromatic N) is 1. The molecule has 0 bridgehead atoms. The van der Waals surface area contributed by atoms with Gasteiger partial charge in [-0.2, -0.15) is 0 Å². The monoisotopic (exact) mass is 288 g/mol. The van der Waals surface area contributed by atoms with E-state index in [1.807, 2.05) is 0 Å². The third-order valence-corrected chi connectivity index (χ3v) is 2.64. The lowest BCUT2D eigenvalue weighted by Gasteiger charge is -2.23. The number of methoxy groups -OCH3 is 2. The fourth-order valence-electron chi connectivity index (χ4n) is 1.56. The summed E-state index contributed by atoms with van der Waals surface area (Å²) in [6.07, 6.45) is 2.46. The summed E-state index contributed by atoms with van der Waals surface area (Å²) in [4.78, 5) is 24.6. The smallest absolute Gasteiger partial charge is 0.326 e. The van der Waals surface area contributed by atoms with Crippen LogP contribution in [0.1, 0.15) is 12.8 Å². The van der Waals surface area contributed by atoms with Gasteiger partial charge in [-0.15, -0.1) is 6.58 Å². The van der Waals surface area contributed by atoms with E-state index in [0.29, 0.717) is 39.1 Å². The highest BCUT2D eigenvalue weighted by atomic mass is 16.5. The molecule has 0 aliphatic carbocycles. The van der Waals surface area contributed by atoms with E-state index in [2.05, 4.69) is 11.9 Å². The number of urea groups is 1. The Balaban J connectivity index is 4.44. The molecule has 0 radical (unpaired) electrons. The lowest BCUT2D eigenvalue weighted by Crippen LogP contribution is -2.48. The van der Waals surface area contributed by atoms with Gasteiger partial charge in [0, 0.05) is 33.9 Å². The van der Waals surface area contributed by atoms with Gasteiger partial charge in [0.25, 0.3) is 0 Å². The van der Waals surface area contributed by atoms with Crippen LogP contribution in [0, 0.1) is 0 Å². The second-order valence-corrected chi connectivity index (χ2v) is 4.20. The van der Waals surface area contributed by atoms with Crippen molar-refractivity contribution in [1.29, 1.82) is 0 Å². The maximum absolute atomic E-state index is 12.0. The maximum atomic E-state index is 12.0. The number of aliphatic carboxylic acids is 1. The Bertz CT molecular complexity index is 309. The summed E-state index contributed by atoms with van der Waals surface area (Å²) in [5.41, 5.74) is 0. The van der Waals surface area contributed by atoms with E-state index in [1.165, 1.54) is 12.0 Å². The molecule has 0 spiro atoms. The number of carboxylic acids is 1. The van der Waals surface area contributed by atoms with Crippen LogP contribution >= 0.6 is 0 Å². The molecule has 1 unspecified atom stereocenters. The van der Waals surface area contributed by atoms with Crippen LogP contribution in [-0.4, -0.2) is 68.6 Å². The number of rotatable bonds is 11. The largest absolute Gasteiger partial charge is 0.480 e. The fourth-order valence-corrected chi connectivity index (χ4v) is 1.56. The molecule has 7 nitrogen and oxygen atoms in total. The van der Waals surface area contributed by atoms with Crippen LogP contribution in [0.15, 0.2) is 12.7 Å². The van der Waals surface area contributed by atoms with E-state index in [9.17, 15) is 9.59 Å². The first kappa shape index (κ1) is 18.4. The van der Waals surface area contributed by atoms with Crippen LogP contribution < -0.4 is 5.32 Å². The van der Waals surface area contributed by atoms with Crippen LogP contribution in [0.5, 0.6) is 0 Å². The molecule has 0 aromatic rings. The zero-order chi connectivity index (χ0) is 15.4. The quantitative estimate of drug-likeness (QED) is 0.432. The van der Waals surface area contributed by atoms with E-state index in [4.69, 9.17) is 14.6 Å². The van der Waals surface area contributed by atoms with E-state index in [0.717, 1.165) is 0 Å². The van der Waals surface area contributed by atoms with Gasteiger partial charge in [-0.3, -0.25) is 0 Å². The van der Waals surface area contributed by atoms with Crippen LogP contribution in [0.3, 0.4) is 0 Å². The van der Waals surface area contributed by atoms with E-state index >= 15 is 0 Å². The molecule has 1 atom stereocenters. The fraction of sp³-hybridized carbons (Fsp3) is 0.692. The van der Waals surface area contributed by atoms with Crippen molar-refractivity contribution in [2.45, 2.75) is 18.9 Å². The Hall–Kier alpha value is -1.60. The van der Waals surface area contributed by atoms with Crippen molar-refractivity contribution in [2.75, 3.05) is 40.5 Å². The average Bonchev–Trinajstić information content (AvgIpc) is 2.42. The molecule has 0 aromatic carbocycles. The highest BCUT2D eigenvalue weighted by Gasteiger charge is 2.22. The summed E-state index contributed by atoms with van der Waals surface area (Å²) < 4.78 is 9.78. The van der Waals surface area contributed by atoms with Crippen molar-refractivity contribution < 1.29 is 24.2 Å². The van der Waals surface area contributed by atoms with Crippen LogP contribution in [0.2, 0.25) is 0 Å². The number of nitrogens with one attached hydrogen (secondary N) is 1. The van der Waals surface area contributed by atoms with Gasteiger partial charge in [0.1, 0.15) is 6.04 Å². The molecule has 20 heavy (non-hydrogen) atoms. The molecule has 0 aromatic heterocycles. The molecule has 0 saturated carbocycles. The molecule has 2 amide bonds. The van der Waals surface area contributed by atoms with E-state index < -0.39 is 18.0 Å². The van der Waals surface area contributed by atoms with Gasteiger partial charge in [-0.25, -0.2) is 9.59 Å². The van der Waals surface area contributed by atoms with Gasteiger partial charge in [-0.05, 0) is 12.8 Å². The molecule has 2 N–H and O–H groups in total. The summed E-state index contributed by atoms with van der Waals surface area (Å²) in [5.74, 6) is -1.06. The Labute approximate surface area is 119 Å². The van der Waals surface area contributed by atoms with E-state index in [1.54, 1.807) is 13.2 Å². The lowest BCUT2D eigenvalue weighted by atomic mass is 10.1. The SMILES string of the molecule is C=CCN(CCOC)C(=O)NC(CCCOC)C(=O)O. The van der Waals surface area contributed by atoms with Gasteiger partial charge in [0.05, 0.1) is 6.61 Å².